The zero-order chi connectivity index (χ0) is 11.7. The van der Waals surface area contributed by atoms with Gasteiger partial charge in [0, 0.05) is 24.5 Å². The van der Waals surface area contributed by atoms with Crippen LogP contribution in [0.4, 0.5) is 0 Å². The summed E-state index contributed by atoms with van der Waals surface area (Å²) < 4.78 is 0. The number of nitrogens with two attached hydrogens (primary N) is 2. The van der Waals surface area contributed by atoms with Gasteiger partial charge in [-0.25, -0.2) is 0 Å². The Bertz CT molecular complexity index is 263. The summed E-state index contributed by atoms with van der Waals surface area (Å²) in [6.07, 6.45) is 4.21. The van der Waals surface area contributed by atoms with Crippen molar-refractivity contribution in [1.29, 1.82) is 0 Å². The minimum atomic E-state index is 0.154. The maximum absolute atomic E-state index is 12.4. The number of amides is 1. The standard InChI is InChI=1S/C12H23N3O/c1-8-11(14)5-6-15(8)12(16)10-4-2-3-9(10)7-13/h8-11H,2-7,13-14H2,1H3/t8?,9-,10-,11?/m1/s1. The van der Waals surface area contributed by atoms with Crippen LogP contribution in [0.3, 0.4) is 0 Å². The fraction of sp³-hybridized carbons (Fsp3) is 0.917. The fourth-order valence-electron chi connectivity index (χ4n) is 3.13. The summed E-state index contributed by atoms with van der Waals surface area (Å²) >= 11 is 0. The maximum atomic E-state index is 12.4. The molecule has 2 fully saturated rings. The Balaban J connectivity index is 2.02. The molecule has 4 heteroatoms. The first-order valence-corrected chi connectivity index (χ1v) is 6.41. The average molecular weight is 225 g/mol. The second-order valence-corrected chi connectivity index (χ2v) is 5.26. The lowest BCUT2D eigenvalue weighted by atomic mass is 9.94. The molecule has 1 saturated heterocycles. The van der Waals surface area contributed by atoms with Gasteiger partial charge in [-0.15, -0.1) is 0 Å². The summed E-state index contributed by atoms with van der Waals surface area (Å²) in [6, 6.07) is 0.355. The number of nitrogens with zero attached hydrogens (tertiary/aromatic N) is 1. The van der Waals surface area contributed by atoms with Crippen molar-refractivity contribution in [3.8, 4) is 0 Å². The Morgan fingerprint density at radius 3 is 2.69 bits per heavy atom. The van der Waals surface area contributed by atoms with Gasteiger partial charge in [-0.1, -0.05) is 6.42 Å². The van der Waals surface area contributed by atoms with Gasteiger partial charge in [0.2, 0.25) is 5.91 Å². The summed E-state index contributed by atoms with van der Waals surface area (Å²) in [5.41, 5.74) is 11.7. The Labute approximate surface area is 97.3 Å². The van der Waals surface area contributed by atoms with Crippen molar-refractivity contribution in [2.24, 2.45) is 23.3 Å². The highest BCUT2D eigenvalue weighted by Gasteiger charge is 2.39. The third-order valence-corrected chi connectivity index (χ3v) is 4.38. The number of hydrogen-bond donors (Lipinski definition) is 2. The molecule has 1 saturated carbocycles. The topological polar surface area (TPSA) is 72.3 Å². The molecule has 1 amide bonds. The summed E-state index contributed by atoms with van der Waals surface area (Å²) in [6.45, 7) is 3.53. The normalized spacial score (nSPS) is 39.3. The number of likely N-dealkylation sites (tertiary alicyclic amines) is 1. The second-order valence-electron chi connectivity index (χ2n) is 5.26. The molecule has 2 unspecified atom stereocenters. The minimum Gasteiger partial charge on any atom is -0.338 e. The van der Waals surface area contributed by atoms with E-state index in [1.54, 1.807) is 0 Å². The highest BCUT2D eigenvalue weighted by Crippen LogP contribution is 2.34. The highest BCUT2D eigenvalue weighted by atomic mass is 16.2. The van der Waals surface area contributed by atoms with Gasteiger partial charge in [0.25, 0.3) is 0 Å². The Morgan fingerprint density at radius 1 is 1.38 bits per heavy atom. The van der Waals surface area contributed by atoms with Gasteiger partial charge in [0.05, 0.1) is 0 Å². The van der Waals surface area contributed by atoms with Crippen LogP contribution in [0.1, 0.15) is 32.6 Å². The molecule has 4 nitrogen and oxygen atoms in total. The molecule has 4 N–H and O–H groups in total. The van der Waals surface area contributed by atoms with Crippen LogP contribution >= 0.6 is 0 Å². The van der Waals surface area contributed by atoms with E-state index in [0.29, 0.717) is 18.4 Å². The zero-order valence-electron chi connectivity index (χ0n) is 10.1. The first-order chi connectivity index (χ1) is 7.65. The molecular weight excluding hydrogens is 202 g/mol. The molecular formula is C12H23N3O. The van der Waals surface area contributed by atoms with Gasteiger partial charge in [0.15, 0.2) is 0 Å². The van der Waals surface area contributed by atoms with E-state index < -0.39 is 0 Å². The summed E-state index contributed by atoms with van der Waals surface area (Å²) in [7, 11) is 0. The Kier molecular flexibility index (Phi) is 3.50. The molecule has 92 valence electrons. The van der Waals surface area contributed by atoms with Gasteiger partial charge < -0.3 is 16.4 Å². The monoisotopic (exact) mass is 225 g/mol. The first kappa shape index (κ1) is 11.9. The molecule has 0 aromatic carbocycles. The van der Waals surface area contributed by atoms with Gasteiger partial charge in [-0.05, 0) is 38.6 Å². The quantitative estimate of drug-likeness (QED) is 0.710. The number of hydrogen-bond acceptors (Lipinski definition) is 3. The molecule has 1 aliphatic heterocycles. The van der Waals surface area contributed by atoms with Crippen LogP contribution < -0.4 is 11.5 Å². The van der Waals surface area contributed by atoms with Crippen molar-refractivity contribution in [1.82, 2.24) is 4.90 Å². The van der Waals surface area contributed by atoms with E-state index in [0.717, 1.165) is 32.2 Å². The molecule has 2 rings (SSSR count). The minimum absolute atomic E-state index is 0.154. The third-order valence-electron chi connectivity index (χ3n) is 4.38. The van der Waals surface area contributed by atoms with E-state index in [1.165, 1.54) is 0 Å². The van der Waals surface area contributed by atoms with Crippen LogP contribution in [-0.4, -0.2) is 36.0 Å². The molecule has 4 atom stereocenters. The molecule has 1 heterocycles. The highest BCUT2D eigenvalue weighted by molar-refractivity contribution is 5.80. The van der Waals surface area contributed by atoms with Gasteiger partial charge in [-0.2, -0.15) is 0 Å². The lowest BCUT2D eigenvalue weighted by Gasteiger charge is -2.28. The summed E-state index contributed by atoms with van der Waals surface area (Å²) in [5, 5.41) is 0. The largest absolute Gasteiger partial charge is 0.338 e. The van der Waals surface area contributed by atoms with Crippen LogP contribution in [-0.2, 0) is 4.79 Å². The van der Waals surface area contributed by atoms with E-state index >= 15 is 0 Å². The van der Waals surface area contributed by atoms with Gasteiger partial charge in [-0.3, -0.25) is 4.79 Å². The molecule has 0 aromatic rings. The van der Waals surface area contributed by atoms with Crippen LogP contribution in [0.2, 0.25) is 0 Å². The third kappa shape index (κ3) is 1.96. The van der Waals surface area contributed by atoms with E-state index in [4.69, 9.17) is 11.5 Å². The first-order valence-electron chi connectivity index (χ1n) is 6.41. The Hall–Kier alpha value is -0.610. The smallest absolute Gasteiger partial charge is 0.226 e. The summed E-state index contributed by atoms with van der Waals surface area (Å²) in [4.78, 5) is 14.4. The molecule has 0 spiro atoms. The zero-order valence-corrected chi connectivity index (χ0v) is 10.1. The van der Waals surface area contributed by atoms with Crippen molar-refractivity contribution in [2.75, 3.05) is 13.1 Å². The number of carbonyl (C=O) groups excluding carboxylic acids is 1. The molecule has 0 aromatic heterocycles. The van der Waals surface area contributed by atoms with E-state index in [9.17, 15) is 4.79 Å². The fourth-order valence-corrected chi connectivity index (χ4v) is 3.13. The van der Waals surface area contributed by atoms with E-state index in [2.05, 4.69) is 6.92 Å². The molecule has 2 aliphatic rings. The lowest BCUT2D eigenvalue weighted by Crippen LogP contribution is -2.44. The predicted molar refractivity (Wildman–Crippen MR) is 63.7 cm³/mol. The van der Waals surface area contributed by atoms with Gasteiger partial charge in [0.1, 0.15) is 0 Å². The van der Waals surface area contributed by atoms with Crippen LogP contribution in [0.15, 0.2) is 0 Å². The SMILES string of the molecule is CC1C(N)CCN1C(=O)[C@@H]1CCC[C@@H]1CN. The van der Waals surface area contributed by atoms with Crippen molar-refractivity contribution in [3.05, 3.63) is 0 Å². The Morgan fingerprint density at radius 2 is 2.12 bits per heavy atom. The van der Waals surface area contributed by atoms with Gasteiger partial charge >= 0.3 is 0 Å². The number of carbonyl (C=O) groups is 1. The van der Waals surface area contributed by atoms with Crippen LogP contribution in [0.5, 0.6) is 0 Å². The predicted octanol–water partition coefficient (Wildman–Crippen LogP) is 0.310. The van der Waals surface area contributed by atoms with Crippen molar-refractivity contribution in [2.45, 2.75) is 44.7 Å². The molecule has 1 aliphatic carbocycles. The number of rotatable bonds is 2. The molecule has 0 radical (unpaired) electrons. The lowest BCUT2D eigenvalue weighted by molar-refractivity contribution is -0.137. The summed E-state index contributed by atoms with van der Waals surface area (Å²) in [5.74, 6) is 0.864. The molecule has 0 bridgehead atoms. The van der Waals surface area contributed by atoms with E-state index in [1.807, 2.05) is 4.90 Å². The average Bonchev–Trinajstić information content (AvgIpc) is 2.86. The van der Waals surface area contributed by atoms with Crippen LogP contribution in [0.25, 0.3) is 0 Å². The van der Waals surface area contributed by atoms with E-state index in [-0.39, 0.29) is 18.0 Å². The molecule has 16 heavy (non-hydrogen) atoms. The van der Waals surface area contributed by atoms with Crippen LogP contribution in [0, 0.1) is 11.8 Å². The second kappa shape index (κ2) is 4.72. The maximum Gasteiger partial charge on any atom is 0.226 e. The van der Waals surface area contributed by atoms with Crippen molar-refractivity contribution < 1.29 is 4.79 Å². The van der Waals surface area contributed by atoms with Crippen molar-refractivity contribution >= 4 is 5.91 Å². The van der Waals surface area contributed by atoms with Crippen molar-refractivity contribution in [3.63, 3.8) is 0 Å².